The van der Waals surface area contributed by atoms with Crippen molar-refractivity contribution in [2.75, 3.05) is 4.90 Å². The van der Waals surface area contributed by atoms with Crippen molar-refractivity contribution in [3.8, 4) is 55.6 Å². The fourth-order valence-electron chi connectivity index (χ4n) is 11.4. The zero-order valence-electron chi connectivity index (χ0n) is 36.6. The zero-order valence-corrected chi connectivity index (χ0v) is 36.6. The smallest absolute Gasteiger partial charge is 0.0746 e. The molecule has 0 fully saturated rings. The molecule has 63 heavy (non-hydrogen) atoms. The van der Waals surface area contributed by atoms with E-state index >= 15 is 0 Å². The van der Waals surface area contributed by atoms with Crippen molar-refractivity contribution in [2.45, 2.75) is 50.9 Å². The molecule has 1 atom stereocenters. The summed E-state index contributed by atoms with van der Waals surface area (Å²) in [5, 5.41) is 0. The molecule has 0 N–H and O–H groups in total. The SMILES string of the molecule is CC(C)(C)c1ccc2c(c1)C1(c3ccccc3-2)c2ccccc2-c2cccc(N(c3ccc(-c4ccccc4)cc3)c3ccc(-c4ccc5c(c4)C(C)(C)c4ccccc4-5)cc3)c21. The predicted octanol–water partition coefficient (Wildman–Crippen LogP) is 16.4. The summed E-state index contributed by atoms with van der Waals surface area (Å²) in [5.74, 6) is 0. The zero-order chi connectivity index (χ0) is 42.7. The van der Waals surface area contributed by atoms with Gasteiger partial charge in [0, 0.05) is 22.4 Å². The topological polar surface area (TPSA) is 3.24 Å². The molecule has 0 saturated carbocycles. The van der Waals surface area contributed by atoms with Crippen LogP contribution in [0.25, 0.3) is 55.6 Å². The molecule has 0 heterocycles. The van der Waals surface area contributed by atoms with Crippen LogP contribution in [-0.2, 0) is 16.2 Å². The van der Waals surface area contributed by atoms with E-state index in [9.17, 15) is 0 Å². The van der Waals surface area contributed by atoms with Crippen LogP contribution in [0.1, 0.15) is 73.6 Å². The highest BCUT2D eigenvalue weighted by Gasteiger charge is 2.53. The molecule has 9 aromatic carbocycles. The maximum absolute atomic E-state index is 2.53. The Balaban J connectivity index is 1.07. The summed E-state index contributed by atoms with van der Waals surface area (Å²) >= 11 is 0. The molecule has 0 aromatic heterocycles. The van der Waals surface area contributed by atoms with Gasteiger partial charge in [0.1, 0.15) is 0 Å². The van der Waals surface area contributed by atoms with Crippen LogP contribution >= 0.6 is 0 Å². The Morgan fingerprint density at radius 1 is 0.349 bits per heavy atom. The van der Waals surface area contributed by atoms with E-state index in [1.54, 1.807) is 0 Å². The highest BCUT2D eigenvalue weighted by molar-refractivity contribution is 6.00. The average Bonchev–Trinajstić information content (AvgIpc) is 3.88. The first-order chi connectivity index (χ1) is 30.6. The predicted molar refractivity (Wildman–Crippen MR) is 265 cm³/mol. The summed E-state index contributed by atoms with van der Waals surface area (Å²) in [5.41, 5.74) is 25.1. The molecule has 3 aliphatic rings. The van der Waals surface area contributed by atoms with Crippen LogP contribution in [0.15, 0.2) is 206 Å². The van der Waals surface area contributed by atoms with Crippen molar-refractivity contribution in [1.29, 1.82) is 0 Å². The first kappa shape index (κ1) is 37.5. The van der Waals surface area contributed by atoms with Gasteiger partial charge < -0.3 is 4.90 Å². The third kappa shape index (κ3) is 5.42. The molecule has 3 aliphatic carbocycles. The molecule has 0 bridgehead atoms. The lowest BCUT2D eigenvalue weighted by Gasteiger charge is -2.36. The first-order valence-electron chi connectivity index (χ1n) is 22.4. The summed E-state index contributed by atoms with van der Waals surface area (Å²) in [6.45, 7) is 11.7. The second-order valence-electron chi connectivity index (χ2n) is 19.3. The van der Waals surface area contributed by atoms with Crippen LogP contribution in [0.5, 0.6) is 0 Å². The van der Waals surface area contributed by atoms with Crippen LogP contribution < -0.4 is 4.90 Å². The molecule has 0 radical (unpaired) electrons. The lowest BCUT2D eigenvalue weighted by molar-refractivity contribution is 0.588. The molecule has 0 saturated heterocycles. The third-order valence-electron chi connectivity index (χ3n) is 14.5. The number of hydrogen-bond donors (Lipinski definition) is 0. The van der Waals surface area contributed by atoms with E-state index in [1.165, 1.54) is 100 Å². The lowest BCUT2D eigenvalue weighted by atomic mass is 9.69. The number of anilines is 3. The molecule has 9 aromatic rings. The second-order valence-corrected chi connectivity index (χ2v) is 19.3. The Morgan fingerprint density at radius 3 is 1.44 bits per heavy atom. The Hall–Kier alpha value is -7.22. The number of fused-ring (bicyclic) bond motifs is 13. The van der Waals surface area contributed by atoms with E-state index in [2.05, 4.69) is 246 Å². The molecule has 1 heteroatoms. The molecule has 1 spiro atoms. The van der Waals surface area contributed by atoms with E-state index in [-0.39, 0.29) is 10.8 Å². The van der Waals surface area contributed by atoms with Crippen LogP contribution in [0.4, 0.5) is 17.1 Å². The Morgan fingerprint density at radius 2 is 0.810 bits per heavy atom. The van der Waals surface area contributed by atoms with E-state index in [1.807, 2.05) is 0 Å². The highest BCUT2D eigenvalue weighted by Crippen LogP contribution is 2.65. The molecule has 0 aliphatic heterocycles. The summed E-state index contributed by atoms with van der Waals surface area (Å²) < 4.78 is 0. The summed E-state index contributed by atoms with van der Waals surface area (Å²) in [7, 11) is 0. The molecular formula is C62H49N. The first-order valence-corrected chi connectivity index (χ1v) is 22.4. The van der Waals surface area contributed by atoms with Crippen molar-refractivity contribution < 1.29 is 0 Å². The lowest BCUT2D eigenvalue weighted by Crippen LogP contribution is -2.29. The summed E-state index contributed by atoms with van der Waals surface area (Å²) in [6.07, 6.45) is 0. The Bertz CT molecular complexity index is 3260. The van der Waals surface area contributed by atoms with Gasteiger partial charge in [0.15, 0.2) is 0 Å². The quantitative estimate of drug-likeness (QED) is 0.167. The number of benzene rings is 9. The minimum Gasteiger partial charge on any atom is -0.310 e. The van der Waals surface area contributed by atoms with Gasteiger partial charge in [-0.05, 0) is 131 Å². The number of rotatable bonds is 5. The summed E-state index contributed by atoms with van der Waals surface area (Å²) in [6, 6.07) is 77.7. The van der Waals surface area contributed by atoms with Crippen LogP contribution in [0, 0.1) is 0 Å². The van der Waals surface area contributed by atoms with E-state index in [0.29, 0.717) is 0 Å². The van der Waals surface area contributed by atoms with Crippen molar-refractivity contribution in [3.05, 3.63) is 245 Å². The van der Waals surface area contributed by atoms with Gasteiger partial charge in [-0.2, -0.15) is 0 Å². The molecular weight excluding hydrogens is 759 g/mol. The summed E-state index contributed by atoms with van der Waals surface area (Å²) in [4.78, 5) is 2.52. The maximum atomic E-state index is 2.53. The van der Waals surface area contributed by atoms with Crippen molar-refractivity contribution in [3.63, 3.8) is 0 Å². The normalized spacial score (nSPS) is 15.9. The van der Waals surface area contributed by atoms with Crippen molar-refractivity contribution in [1.82, 2.24) is 0 Å². The number of nitrogens with zero attached hydrogens (tertiary/aromatic N) is 1. The van der Waals surface area contributed by atoms with Gasteiger partial charge >= 0.3 is 0 Å². The van der Waals surface area contributed by atoms with Crippen LogP contribution in [-0.4, -0.2) is 0 Å². The van der Waals surface area contributed by atoms with Gasteiger partial charge in [-0.25, -0.2) is 0 Å². The molecule has 0 amide bonds. The van der Waals surface area contributed by atoms with E-state index < -0.39 is 5.41 Å². The van der Waals surface area contributed by atoms with Gasteiger partial charge in [-0.3, -0.25) is 0 Å². The molecule has 12 rings (SSSR count). The van der Waals surface area contributed by atoms with Crippen molar-refractivity contribution in [2.24, 2.45) is 0 Å². The van der Waals surface area contributed by atoms with Gasteiger partial charge in [0.25, 0.3) is 0 Å². The van der Waals surface area contributed by atoms with E-state index in [4.69, 9.17) is 0 Å². The average molecular weight is 808 g/mol. The third-order valence-corrected chi connectivity index (χ3v) is 14.5. The minimum atomic E-state index is -0.521. The Labute approximate surface area is 372 Å². The van der Waals surface area contributed by atoms with Gasteiger partial charge in [-0.15, -0.1) is 0 Å². The largest absolute Gasteiger partial charge is 0.310 e. The van der Waals surface area contributed by atoms with Gasteiger partial charge in [-0.1, -0.05) is 204 Å². The highest BCUT2D eigenvalue weighted by atomic mass is 15.1. The van der Waals surface area contributed by atoms with Gasteiger partial charge in [0.05, 0.1) is 11.1 Å². The van der Waals surface area contributed by atoms with Crippen LogP contribution in [0.2, 0.25) is 0 Å². The fraction of sp³-hybridized carbons (Fsp3) is 0.129. The minimum absolute atomic E-state index is 0.0156. The maximum Gasteiger partial charge on any atom is 0.0746 e. The number of hydrogen-bond acceptors (Lipinski definition) is 1. The second kappa shape index (κ2) is 13.6. The standard InChI is InChI=1S/C62H49N/c1-60(2,3)44-31-37-51-48-19-10-13-23-54(48)62(57(51)39-44)55-24-14-11-20-49(55)52-21-15-25-58(59(52)62)63(45-32-26-41(27-33-45)40-16-7-6-8-17-40)46-34-28-42(29-35-46)43-30-36-50-47-18-9-12-22-53(47)61(4,5)56(50)38-43/h6-39H,1-5H3. The molecule has 302 valence electrons. The monoisotopic (exact) mass is 807 g/mol. The van der Waals surface area contributed by atoms with E-state index in [0.717, 1.165) is 11.4 Å². The Kier molecular flexibility index (Phi) is 8.13. The molecule has 1 unspecified atom stereocenters. The molecule has 1 nitrogen and oxygen atoms in total. The van der Waals surface area contributed by atoms with Crippen LogP contribution in [0.3, 0.4) is 0 Å². The van der Waals surface area contributed by atoms with Gasteiger partial charge in [0.2, 0.25) is 0 Å². The fourth-order valence-corrected chi connectivity index (χ4v) is 11.4. The van der Waals surface area contributed by atoms with Crippen molar-refractivity contribution >= 4 is 17.1 Å².